The molecule has 0 fully saturated rings. The molecule has 1 N–H and O–H groups in total. The number of pyridine rings is 1. The molecule has 0 saturated heterocycles. The quantitative estimate of drug-likeness (QED) is 0.779. The van der Waals surface area contributed by atoms with Crippen molar-refractivity contribution in [1.29, 1.82) is 5.26 Å². The van der Waals surface area contributed by atoms with Crippen molar-refractivity contribution in [1.82, 2.24) is 9.88 Å². The van der Waals surface area contributed by atoms with Gasteiger partial charge in [0.2, 0.25) is 0 Å². The Morgan fingerprint density at radius 3 is 2.59 bits per heavy atom. The van der Waals surface area contributed by atoms with Gasteiger partial charge >= 0.3 is 0 Å². The first-order valence-electron chi connectivity index (χ1n) is 8.57. The second-order valence-electron chi connectivity index (χ2n) is 6.30. The third-order valence-corrected chi connectivity index (χ3v) is 4.46. The molecular formula is C22H19N3O2. The average Bonchev–Trinajstić information content (AvgIpc) is 2.67. The summed E-state index contributed by atoms with van der Waals surface area (Å²) in [5, 5.41) is 11.9. The molecule has 0 bridgehead atoms. The van der Waals surface area contributed by atoms with Crippen LogP contribution in [0.3, 0.4) is 0 Å². The summed E-state index contributed by atoms with van der Waals surface area (Å²) in [7, 11) is 0. The number of carbonyl (C=O) groups is 1. The van der Waals surface area contributed by atoms with E-state index in [0.717, 1.165) is 11.1 Å². The molecule has 134 valence electrons. The second kappa shape index (κ2) is 7.71. The number of amides is 1. The van der Waals surface area contributed by atoms with Gasteiger partial charge < -0.3 is 5.32 Å². The van der Waals surface area contributed by atoms with Crippen LogP contribution in [0.25, 0.3) is 5.69 Å². The van der Waals surface area contributed by atoms with E-state index in [4.69, 9.17) is 5.26 Å². The summed E-state index contributed by atoms with van der Waals surface area (Å²) in [6, 6.07) is 19.8. The lowest BCUT2D eigenvalue weighted by Crippen LogP contribution is -2.33. The van der Waals surface area contributed by atoms with E-state index in [1.807, 2.05) is 31.2 Å². The van der Waals surface area contributed by atoms with E-state index < -0.39 is 11.5 Å². The van der Waals surface area contributed by atoms with Crippen LogP contribution in [0.1, 0.15) is 32.7 Å². The topological polar surface area (TPSA) is 74.9 Å². The summed E-state index contributed by atoms with van der Waals surface area (Å²) in [6.07, 6.45) is 0. The maximum absolute atomic E-state index is 12.9. The summed E-state index contributed by atoms with van der Waals surface area (Å²) < 4.78 is 1.45. The smallest absolute Gasteiger partial charge is 0.268 e. The fourth-order valence-corrected chi connectivity index (χ4v) is 2.92. The minimum Gasteiger partial charge on any atom is -0.348 e. The highest BCUT2D eigenvalue weighted by Crippen LogP contribution is 2.12. The van der Waals surface area contributed by atoms with Crippen LogP contribution in [-0.4, -0.2) is 10.5 Å². The van der Waals surface area contributed by atoms with Gasteiger partial charge in [-0.05, 0) is 55.3 Å². The van der Waals surface area contributed by atoms with Gasteiger partial charge in [-0.25, -0.2) is 0 Å². The maximum Gasteiger partial charge on any atom is 0.268 e. The van der Waals surface area contributed by atoms with E-state index in [9.17, 15) is 9.59 Å². The van der Waals surface area contributed by atoms with Crippen LogP contribution < -0.4 is 10.9 Å². The van der Waals surface area contributed by atoms with Crippen LogP contribution in [-0.2, 0) is 6.54 Å². The minimum atomic E-state index is -0.423. The SMILES string of the molecule is Cc1ccccc1CNC(=O)c1ccc(C)n(-c2cccc(C#N)c2)c1=O. The van der Waals surface area contributed by atoms with Crippen molar-refractivity contribution in [2.75, 3.05) is 0 Å². The first-order valence-corrected chi connectivity index (χ1v) is 8.57. The number of aryl methyl sites for hydroxylation is 2. The molecule has 0 atom stereocenters. The zero-order valence-corrected chi connectivity index (χ0v) is 15.2. The number of benzene rings is 2. The maximum atomic E-state index is 12.9. The zero-order chi connectivity index (χ0) is 19.4. The number of nitriles is 1. The van der Waals surface area contributed by atoms with E-state index in [1.54, 1.807) is 37.3 Å². The minimum absolute atomic E-state index is 0.0662. The Kier molecular flexibility index (Phi) is 5.18. The number of rotatable bonds is 4. The molecule has 27 heavy (non-hydrogen) atoms. The highest BCUT2D eigenvalue weighted by molar-refractivity contribution is 5.93. The number of nitrogens with one attached hydrogen (secondary N) is 1. The molecule has 3 rings (SSSR count). The molecule has 1 aromatic heterocycles. The molecule has 0 radical (unpaired) electrons. The Hall–Kier alpha value is -3.65. The first kappa shape index (κ1) is 18.2. The van der Waals surface area contributed by atoms with Crippen molar-refractivity contribution in [2.45, 2.75) is 20.4 Å². The fourth-order valence-electron chi connectivity index (χ4n) is 2.92. The number of hydrogen-bond acceptors (Lipinski definition) is 3. The van der Waals surface area contributed by atoms with Crippen LogP contribution >= 0.6 is 0 Å². The molecule has 0 aliphatic heterocycles. The highest BCUT2D eigenvalue weighted by atomic mass is 16.2. The Labute approximate surface area is 157 Å². The third kappa shape index (κ3) is 3.80. The lowest BCUT2D eigenvalue weighted by molar-refractivity contribution is 0.0949. The Balaban J connectivity index is 1.93. The highest BCUT2D eigenvalue weighted by Gasteiger charge is 2.15. The molecule has 5 heteroatoms. The Morgan fingerprint density at radius 2 is 1.85 bits per heavy atom. The van der Waals surface area contributed by atoms with Crippen molar-refractivity contribution in [2.24, 2.45) is 0 Å². The third-order valence-electron chi connectivity index (χ3n) is 4.46. The number of aromatic nitrogens is 1. The van der Waals surface area contributed by atoms with Gasteiger partial charge in [-0.1, -0.05) is 30.3 Å². The summed E-state index contributed by atoms with van der Waals surface area (Å²) >= 11 is 0. The second-order valence-corrected chi connectivity index (χ2v) is 6.30. The van der Waals surface area contributed by atoms with Crippen LogP contribution in [0.5, 0.6) is 0 Å². The van der Waals surface area contributed by atoms with Gasteiger partial charge in [0.15, 0.2) is 0 Å². The van der Waals surface area contributed by atoms with E-state index in [1.165, 1.54) is 10.6 Å². The van der Waals surface area contributed by atoms with Gasteiger partial charge in [0.1, 0.15) is 5.56 Å². The Bertz CT molecular complexity index is 1110. The summed E-state index contributed by atoms with van der Waals surface area (Å²) in [6.45, 7) is 4.11. The summed E-state index contributed by atoms with van der Waals surface area (Å²) in [5.41, 5.74) is 3.43. The molecule has 1 heterocycles. The Morgan fingerprint density at radius 1 is 1.07 bits per heavy atom. The normalized spacial score (nSPS) is 10.3. The lowest BCUT2D eigenvalue weighted by Gasteiger charge is -2.13. The van der Waals surface area contributed by atoms with Gasteiger partial charge in [0, 0.05) is 12.2 Å². The molecule has 0 aliphatic carbocycles. The largest absolute Gasteiger partial charge is 0.348 e. The van der Waals surface area contributed by atoms with Gasteiger partial charge in [0.05, 0.1) is 17.3 Å². The van der Waals surface area contributed by atoms with Crippen molar-refractivity contribution in [3.8, 4) is 11.8 Å². The van der Waals surface area contributed by atoms with E-state index in [-0.39, 0.29) is 5.56 Å². The van der Waals surface area contributed by atoms with E-state index in [2.05, 4.69) is 11.4 Å². The molecular weight excluding hydrogens is 338 g/mol. The average molecular weight is 357 g/mol. The van der Waals surface area contributed by atoms with Gasteiger partial charge in [-0.15, -0.1) is 0 Å². The summed E-state index contributed by atoms with van der Waals surface area (Å²) in [5.74, 6) is -0.423. The monoisotopic (exact) mass is 357 g/mol. The first-order chi connectivity index (χ1) is 13.0. The van der Waals surface area contributed by atoms with Crippen molar-refractivity contribution < 1.29 is 4.79 Å². The predicted octanol–water partition coefficient (Wildman–Crippen LogP) is 3.26. The van der Waals surface area contributed by atoms with Crippen molar-refractivity contribution >= 4 is 5.91 Å². The number of carbonyl (C=O) groups excluding carboxylic acids is 1. The van der Waals surface area contributed by atoms with Crippen molar-refractivity contribution in [3.05, 3.63) is 99.0 Å². The molecule has 0 spiro atoms. The molecule has 0 aliphatic rings. The lowest BCUT2D eigenvalue weighted by atomic mass is 10.1. The van der Waals surface area contributed by atoms with E-state index >= 15 is 0 Å². The van der Waals surface area contributed by atoms with Gasteiger partial charge in [0.25, 0.3) is 11.5 Å². The number of hydrogen-bond donors (Lipinski definition) is 1. The van der Waals surface area contributed by atoms with Gasteiger partial charge in [-0.2, -0.15) is 5.26 Å². The van der Waals surface area contributed by atoms with Crippen LogP contribution in [0.2, 0.25) is 0 Å². The van der Waals surface area contributed by atoms with Crippen LogP contribution in [0, 0.1) is 25.2 Å². The fraction of sp³-hybridized carbons (Fsp3) is 0.136. The standard InChI is InChI=1S/C22H19N3O2/c1-15-6-3-4-8-18(15)14-24-21(26)20-11-10-16(2)25(22(20)27)19-9-5-7-17(12-19)13-23/h3-12H,14H2,1-2H3,(H,24,26). The summed E-state index contributed by atoms with van der Waals surface area (Å²) in [4.78, 5) is 25.5. The molecule has 3 aromatic rings. The van der Waals surface area contributed by atoms with Crippen LogP contribution in [0.4, 0.5) is 0 Å². The number of nitrogens with zero attached hydrogens (tertiary/aromatic N) is 2. The van der Waals surface area contributed by atoms with Crippen LogP contribution in [0.15, 0.2) is 65.5 Å². The van der Waals surface area contributed by atoms with Crippen molar-refractivity contribution in [3.63, 3.8) is 0 Å². The molecule has 0 saturated carbocycles. The van der Waals surface area contributed by atoms with Gasteiger partial charge in [-0.3, -0.25) is 14.2 Å². The molecule has 1 amide bonds. The van der Waals surface area contributed by atoms with E-state index in [0.29, 0.717) is 23.5 Å². The zero-order valence-electron chi connectivity index (χ0n) is 15.2. The molecule has 2 aromatic carbocycles. The molecule has 5 nitrogen and oxygen atoms in total. The predicted molar refractivity (Wildman–Crippen MR) is 104 cm³/mol. The molecule has 0 unspecified atom stereocenters.